The molecule has 0 aliphatic rings. The summed E-state index contributed by atoms with van der Waals surface area (Å²) < 4.78 is 31.5. The molecule has 150 valence electrons. The molecule has 0 aliphatic carbocycles. The number of rotatable bonds is 7. The van der Waals surface area contributed by atoms with E-state index in [0.29, 0.717) is 22.1 Å². The van der Waals surface area contributed by atoms with E-state index < -0.39 is 10.0 Å². The molecule has 9 heteroatoms. The topological polar surface area (TPSA) is 76.3 Å². The van der Waals surface area contributed by atoms with Gasteiger partial charge in [-0.3, -0.25) is 0 Å². The average molecular weight is 446 g/mol. The minimum atomic E-state index is -3.50. The highest BCUT2D eigenvalue weighted by molar-refractivity contribution is 7.98. The van der Waals surface area contributed by atoms with E-state index in [1.807, 2.05) is 18.2 Å². The molecular weight excluding hydrogens is 426 g/mol. The maximum absolute atomic E-state index is 12.3. The van der Waals surface area contributed by atoms with Gasteiger partial charge in [0.2, 0.25) is 10.0 Å². The van der Waals surface area contributed by atoms with Crippen molar-refractivity contribution >= 4 is 44.2 Å². The molecule has 4 aromatic rings. The number of thioether (sulfide) groups is 1. The summed E-state index contributed by atoms with van der Waals surface area (Å²) in [5.41, 5.74) is 3.30. The zero-order valence-electron chi connectivity index (χ0n) is 15.9. The van der Waals surface area contributed by atoms with Crippen molar-refractivity contribution in [1.82, 2.24) is 14.3 Å². The molecule has 4 rings (SSSR count). The Morgan fingerprint density at radius 3 is 2.66 bits per heavy atom. The average Bonchev–Trinajstić information content (AvgIpc) is 3.32. The quantitative estimate of drug-likeness (QED) is 0.392. The number of oxazole rings is 1. The minimum Gasteiger partial charge on any atom is -0.431 e. The fourth-order valence-electron chi connectivity index (χ4n) is 2.72. The third-order valence-electron chi connectivity index (χ3n) is 4.26. The third kappa shape index (κ3) is 4.53. The largest absolute Gasteiger partial charge is 0.431 e. The van der Waals surface area contributed by atoms with Gasteiger partial charge < -0.3 is 4.42 Å². The lowest BCUT2D eigenvalue weighted by atomic mass is 10.2. The fourth-order valence-corrected chi connectivity index (χ4v) is 5.31. The van der Waals surface area contributed by atoms with Crippen LogP contribution in [-0.4, -0.2) is 36.8 Å². The molecule has 0 fully saturated rings. The van der Waals surface area contributed by atoms with E-state index >= 15 is 0 Å². The van der Waals surface area contributed by atoms with E-state index in [-0.39, 0.29) is 4.90 Å². The normalized spacial score (nSPS) is 12.1. The fraction of sp³-hybridized carbons (Fsp3) is 0.200. The van der Waals surface area contributed by atoms with Gasteiger partial charge in [0.15, 0.2) is 5.58 Å². The van der Waals surface area contributed by atoms with Gasteiger partial charge in [0.1, 0.15) is 5.52 Å². The van der Waals surface area contributed by atoms with Crippen molar-refractivity contribution in [3.63, 3.8) is 0 Å². The zero-order chi connectivity index (χ0) is 20.4. The second kappa shape index (κ2) is 8.27. The summed E-state index contributed by atoms with van der Waals surface area (Å²) >= 11 is 3.09. The van der Waals surface area contributed by atoms with Gasteiger partial charge >= 0.3 is 0 Å². The van der Waals surface area contributed by atoms with E-state index in [4.69, 9.17) is 4.42 Å². The number of hydrogen-bond donors (Lipinski definition) is 0. The Kier molecular flexibility index (Phi) is 5.73. The molecule has 0 amide bonds. The summed E-state index contributed by atoms with van der Waals surface area (Å²) in [4.78, 5) is 9.31. The summed E-state index contributed by atoms with van der Waals surface area (Å²) in [6.07, 6.45) is 0.822. The highest BCUT2D eigenvalue weighted by atomic mass is 32.2. The van der Waals surface area contributed by atoms with Crippen molar-refractivity contribution in [2.75, 3.05) is 14.1 Å². The van der Waals surface area contributed by atoms with Gasteiger partial charge in [-0.15, -0.1) is 11.3 Å². The summed E-state index contributed by atoms with van der Waals surface area (Å²) in [5.74, 6) is 0.640. The van der Waals surface area contributed by atoms with Gasteiger partial charge in [-0.25, -0.2) is 22.7 Å². The monoisotopic (exact) mass is 445 g/mol. The second-order valence-corrected chi connectivity index (χ2v) is 10.6. The van der Waals surface area contributed by atoms with Crippen molar-refractivity contribution < 1.29 is 12.8 Å². The van der Waals surface area contributed by atoms with Crippen molar-refractivity contribution in [2.45, 2.75) is 22.3 Å². The predicted octanol–water partition coefficient (Wildman–Crippen LogP) is 4.42. The van der Waals surface area contributed by atoms with Crippen LogP contribution in [0.4, 0.5) is 0 Å². The van der Waals surface area contributed by atoms with Gasteiger partial charge in [0, 0.05) is 31.6 Å². The van der Waals surface area contributed by atoms with Crippen LogP contribution >= 0.6 is 23.1 Å². The molecular formula is C20H19N3O3S3. The Balaban J connectivity index is 1.45. The number of benzene rings is 2. The highest BCUT2D eigenvalue weighted by Gasteiger charge is 2.19. The molecule has 0 spiro atoms. The summed E-state index contributed by atoms with van der Waals surface area (Å²) in [6.45, 7) is 0. The number of nitrogens with zero attached hydrogens (tertiary/aromatic N) is 3. The lowest BCUT2D eigenvalue weighted by molar-refractivity contribution is 0.489. The van der Waals surface area contributed by atoms with Gasteiger partial charge in [0.05, 0.1) is 15.6 Å². The van der Waals surface area contributed by atoms with Crippen LogP contribution in [0.25, 0.3) is 11.1 Å². The van der Waals surface area contributed by atoms with Crippen LogP contribution in [0.5, 0.6) is 0 Å². The van der Waals surface area contributed by atoms with Crippen molar-refractivity contribution in [3.8, 4) is 0 Å². The first kappa shape index (κ1) is 20.1. The Labute approximate surface area is 177 Å². The number of aromatic nitrogens is 2. The maximum atomic E-state index is 12.3. The Morgan fingerprint density at radius 2 is 1.90 bits per heavy atom. The minimum absolute atomic E-state index is 0.199. The second-order valence-electron chi connectivity index (χ2n) is 6.58. The molecule has 0 aliphatic heterocycles. The molecule has 0 atom stereocenters. The first-order chi connectivity index (χ1) is 13.9. The summed E-state index contributed by atoms with van der Waals surface area (Å²) in [6, 6.07) is 15.0. The van der Waals surface area contributed by atoms with Crippen LogP contribution in [0.15, 0.2) is 68.4 Å². The Hall–Kier alpha value is -2.20. The van der Waals surface area contributed by atoms with Gasteiger partial charge in [0.25, 0.3) is 5.22 Å². The van der Waals surface area contributed by atoms with Crippen LogP contribution < -0.4 is 0 Å². The summed E-state index contributed by atoms with van der Waals surface area (Å²) in [7, 11) is -0.494. The molecule has 0 N–H and O–H groups in total. The third-order valence-corrected chi connectivity index (χ3v) is 7.83. The standard InChI is InChI=1S/C20H19N3O3S3/c1-23(2)29(24,25)16-8-9-18-17(11-16)22-20(26-18)28-13-15-12-27-19(21-15)10-14-6-4-3-5-7-14/h3-9,11-12H,10,13H2,1-2H3. The molecule has 6 nitrogen and oxygen atoms in total. The Bertz CT molecular complexity index is 1230. The molecule has 0 radical (unpaired) electrons. The molecule has 29 heavy (non-hydrogen) atoms. The van der Waals surface area contributed by atoms with Crippen LogP contribution in [0, 0.1) is 0 Å². The molecule has 0 saturated heterocycles. The number of thiazole rings is 1. The molecule has 0 unspecified atom stereocenters. The number of fused-ring (bicyclic) bond motifs is 1. The molecule has 2 aromatic heterocycles. The molecule has 0 bridgehead atoms. The molecule has 0 saturated carbocycles. The van der Waals surface area contributed by atoms with E-state index in [9.17, 15) is 8.42 Å². The lowest BCUT2D eigenvalue weighted by Gasteiger charge is -2.10. The maximum Gasteiger partial charge on any atom is 0.257 e. The SMILES string of the molecule is CN(C)S(=O)(=O)c1ccc2oc(SCc3csc(Cc4ccccc4)n3)nc2c1. The van der Waals surface area contributed by atoms with E-state index in [2.05, 4.69) is 27.5 Å². The first-order valence-corrected chi connectivity index (χ1v) is 12.2. The van der Waals surface area contributed by atoms with Crippen LogP contribution in [0.1, 0.15) is 16.3 Å². The van der Waals surface area contributed by atoms with Gasteiger partial charge in [-0.05, 0) is 23.8 Å². The smallest absolute Gasteiger partial charge is 0.257 e. The van der Waals surface area contributed by atoms with E-state index in [1.165, 1.54) is 41.8 Å². The van der Waals surface area contributed by atoms with Crippen LogP contribution in [0.3, 0.4) is 0 Å². The Morgan fingerprint density at radius 1 is 1.10 bits per heavy atom. The van der Waals surface area contributed by atoms with Gasteiger partial charge in [-0.2, -0.15) is 0 Å². The summed E-state index contributed by atoms with van der Waals surface area (Å²) in [5, 5.41) is 3.62. The molecule has 2 aromatic carbocycles. The first-order valence-electron chi connectivity index (χ1n) is 8.85. The molecule has 2 heterocycles. The van der Waals surface area contributed by atoms with Crippen molar-refractivity contribution in [3.05, 3.63) is 70.2 Å². The lowest BCUT2D eigenvalue weighted by Crippen LogP contribution is -2.22. The van der Waals surface area contributed by atoms with E-state index in [1.54, 1.807) is 23.5 Å². The number of sulfonamides is 1. The van der Waals surface area contributed by atoms with Crippen LogP contribution in [0.2, 0.25) is 0 Å². The predicted molar refractivity (Wildman–Crippen MR) is 116 cm³/mol. The highest BCUT2D eigenvalue weighted by Crippen LogP contribution is 2.28. The zero-order valence-corrected chi connectivity index (χ0v) is 18.4. The van der Waals surface area contributed by atoms with Crippen molar-refractivity contribution in [1.29, 1.82) is 0 Å². The van der Waals surface area contributed by atoms with Gasteiger partial charge in [-0.1, -0.05) is 42.1 Å². The van der Waals surface area contributed by atoms with E-state index in [0.717, 1.165) is 17.1 Å². The van der Waals surface area contributed by atoms with Crippen LogP contribution in [-0.2, 0) is 22.2 Å². The number of hydrogen-bond acceptors (Lipinski definition) is 7. The van der Waals surface area contributed by atoms with Crippen molar-refractivity contribution in [2.24, 2.45) is 0 Å².